The molecule has 1 unspecified atom stereocenters. The van der Waals surface area contributed by atoms with Crippen molar-refractivity contribution in [3.8, 4) is 0 Å². The minimum atomic E-state index is -0.371. The number of aromatic nitrogens is 1. The lowest BCUT2D eigenvalue weighted by molar-refractivity contribution is 0.0960. The van der Waals surface area contributed by atoms with Crippen LogP contribution in [0.25, 0.3) is 10.8 Å². The van der Waals surface area contributed by atoms with Crippen molar-refractivity contribution in [2.24, 2.45) is 0 Å². The second kappa shape index (κ2) is 8.90. The van der Waals surface area contributed by atoms with E-state index in [4.69, 9.17) is 4.74 Å². The first kappa shape index (κ1) is 20.4. The predicted molar refractivity (Wildman–Crippen MR) is 115 cm³/mol. The third kappa shape index (κ3) is 4.50. The highest BCUT2D eigenvalue weighted by molar-refractivity contribution is 6.00. The van der Waals surface area contributed by atoms with Crippen molar-refractivity contribution in [3.63, 3.8) is 0 Å². The molecule has 0 bridgehead atoms. The van der Waals surface area contributed by atoms with Crippen LogP contribution >= 0.6 is 0 Å². The van der Waals surface area contributed by atoms with E-state index < -0.39 is 0 Å². The molecule has 1 aliphatic rings. The number of halogens is 1. The summed E-state index contributed by atoms with van der Waals surface area (Å²) in [6, 6.07) is 12.4. The third-order valence-electron chi connectivity index (χ3n) is 5.63. The number of carbonyl (C=O) groups is 1. The highest BCUT2D eigenvalue weighted by Crippen LogP contribution is 2.26. The summed E-state index contributed by atoms with van der Waals surface area (Å²) >= 11 is 0. The van der Waals surface area contributed by atoms with Crippen LogP contribution in [0.3, 0.4) is 0 Å². The molecule has 1 aliphatic heterocycles. The third-order valence-corrected chi connectivity index (χ3v) is 5.63. The molecule has 30 heavy (non-hydrogen) atoms. The molecule has 0 aliphatic carbocycles. The topological polar surface area (TPSA) is 71.5 Å². The number of Topliss-reactive ketones (excluding diaryl/α,β-unsaturated/α-hetero) is 1. The van der Waals surface area contributed by atoms with Gasteiger partial charge < -0.3 is 15.2 Å². The van der Waals surface area contributed by atoms with Crippen molar-refractivity contribution >= 4 is 22.4 Å². The Kier molecular flexibility index (Phi) is 6.06. The largest absolute Gasteiger partial charge is 0.396 e. The molecular formula is C24H25FN2O3. The zero-order valence-electron chi connectivity index (χ0n) is 16.9. The molecular weight excluding hydrogens is 383 g/mol. The van der Waals surface area contributed by atoms with Crippen molar-refractivity contribution in [2.75, 3.05) is 25.1 Å². The first-order chi connectivity index (χ1) is 14.5. The van der Waals surface area contributed by atoms with E-state index in [2.05, 4.69) is 10.3 Å². The number of ketones is 1. The maximum atomic E-state index is 13.6. The zero-order chi connectivity index (χ0) is 21.1. The molecule has 2 atom stereocenters. The average Bonchev–Trinajstić information content (AvgIpc) is 3.26. The normalized spacial score (nSPS) is 17.2. The summed E-state index contributed by atoms with van der Waals surface area (Å²) in [5.74, 6) is 0.0362. The standard InChI is InChI=1S/C24H25FN2O3/c1-15-8-16(4-5-22(15)25)20(13-28)10-23(29)17-2-3-18-12-26-24(11-19(18)9-17)27-21-6-7-30-14-21/h2-5,8-9,11-12,20-21,28H,6-7,10,13-14H2,1H3,(H,26,27)/t20-,21?/m1/s1. The monoisotopic (exact) mass is 408 g/mol. The SMILES string of the molecule is Cc1cc([C@@H](CO)CC(=O)c2ccc3cnc(NC4CCOC4)cc3c2)ccc1F. The van der Waals surface area contributed by atoms with Gasteiger partial charge in [-0.1, -0.05) is 24.3 Å². The van der Waals surface area contributed by atoms with Crippen molar-refractivity contribution in [1.82, 2.24) is 4.98 Å². The number of aliphatic hydroxyl groups is 1. The van der Waals surface area contributed by atoms with Crippen LogP contribution in [0.4, 0.5) is 10.2 Å². The molecule has 4 rings (SSSR count). The Morgan fingerprint density at radius 3 is 2.87 bits per heavy atom. The van der Waals surface area contributed by atoms with E-state index in [-0.39, 0.29) is 36.6 Å². The number of rotatable bonds is 7. The number of anilines is 1. The van der Waals surface area contributed by atoms with Gasteiger partial charge in [0.15, 0.2) is 5.78 Å². The van der Waals surface area contributed by atoms with Gasteiger partial charge in [0, 0.05) is 36.1 Å². The molecule has 2 N–H and O–H groups in total. The summed E-state index contributed by atoms with van der Waals surface area (Å²) in [7, 11) is 0. The fourth-order valence-corrected chi connectivity index (χ4v) is 3.80. The Hall–Kier alpha value is -2.83. The molecule has 0 radical (unpaired) electrons. The Labute approximate surface area is 174 Å². The van der Waals surface area contributed by atoms with Crippen LogP contribution in [-0.2, 0) is 4.74 Å². The van der Waals surface area contributed by atoms with Crippen molar-refractivity contribution in [3.05, 3.63) is 71.2 Å². The smallest absolute Gasteiger partial charge is 0.163 e. The van der Waals surface area contributed by atoms with Gasteiger partial charge >= 0.3 is 0 Å². The van der Waals surface area contributed by atoms with E-state index in [0.717, 1.165) is 35.2 Å². The van der Waals surface area contributed by atoms with Gasteiger partial charge in [-0.3, -0.25) is 4.79 Å². The first-order valence-electron chi connectivity index (χ1n) is 10.2. The van der Waals surface area contributed by atoms with Crippen molar-refractivity contribution in [1.29, 1.82) is 0 Å². The van der Waals surface area contributed by atoms with Gasteiger partial charge in [0.1, 0.15) is 11.6 Å². The van der Waals surface area contributed by atoms with E-state index in [1.807, 2.05) is 18.2 Å². The molecule has 0 spiro atoms. The Morgan fingerprint density at radius 2 is 2.13 bits per heavy atom. The van der Waals surface area contributed by atoms with Crippen LogP contribution in [0.15, 0.2) is 48.7 Å². The first-order valence-corrected chi connectivity index (χ1v) is 10.2. The summed E-state index contributed by atoms with van der Waals surface area (Å²) in [5.41, 5.74) is 1.85. The Balaban J connectivity index is 1.53. The Morgan fingerprint density at radius 1 is 1.27 bits per heavy atom. The van der Waals surface area contributed by atoms with Crippen LogP contribution < -0.4 is 5.32 Å². The molecule has 1 aromatic heterocycles. The van der Waals surface area contributed by atoms with Gasteiger partial charge in [-0.15, -0.1) is 0 Å². The van der Waals surface area contributed by atoms with Gasteiger partial charge in [-0.05, 0) is 48.1 Å². The van der Waals surface area contributed by atoms with Gasteiger partial charge in [0.05, 0.1) is 19.3 Å². The second-order valence-electron chi connectivity index (χ2n) is 7.85. The van der Waals surface area contributed by atoms with Crippen LogP contribution in [-0.4, -0.2) is 41.7 Å². The molecule has 1 fully saturated rings. The van der Waals surface area contributed by atoms with E-state index in [9.17, 15) is 14.3 Å². The van der Waals surface area contributed by atoms with Crippen LogP contribution in [0.2, 0.25) is 0 Å². The lowest BCUT2D eigenvalue weighted by atomic mass is 9.91. The minimum Gasteiger partial charge on any atom is -0.396 e. The van der Waals surface area contributed by atoms with Gasteiger partial charge in [0.25, 0.3) is 0 Å². The highest BCUT2D eigenvalue weighted by atomic mass is 19.1. The van der Waals surface area contributed by atoms with Gasteiger partial charge in [0.2, 0.25) is 0 Å². The maximum Gasteiger partial charge on any atom is 0.163 e. The van der Waals surface area contributed by atoms with E-state index in [1.54, 1.807) is 31.3 Å². The molecule has 3 aromatic rings. The highest BCUT2D eigenvalue weighted by Gasteiger charge is 2.19. The van der Waals surface area contributed by atoms with E-state index in [0.29, 0.717) is 17.7 Å². The number of hydrogen-bond acceptors (Lipinski definition) is 5. The van der Waals surface area contributed by atoms with Crippen LogP contribution in [0.1, 0.15) is 40.2 Å². The van der Waals surface area contributed by atoms with Crippen LogP contribution in [0.5, 0.6) is 0 Å². The number of nitrogens with zero attached hydrogens (tertiary/aromatic N) is 1. The van der Waals surface area contributed by atoms with Gasteiger partial charge in [-0.2, -0.15) is 0 Å². The van der Waals surface area contributed by atoms with E-state index in [1.165, 1.54) is 6.07 Å². The van der Waals surface area contributed by atoms with E-state index >= 15 is 0 Å². The number of aliphatic hydroxyl groups excluding tert-OH is 1. The van der Waals surface area contributed by atoms with Crippen molar-refractivity contribution in [2.45, 2.75) is 31.7 Å². The summed E-state index contributed by atoms with van der Waals surface area (Å²) in [6.07, 6.45) is 2.89. The molecule has 5 nitrogen and oxygen atoms in total. The number of ether oxygens (including phenoxy) is 1. The minimum absolute atomic E-state index is 0.0616. The average molecular weight is 408 g/mol. The lowest BCUT2D eigenvalue weighted by Crippen LogP contribution is -2.19. The number of nitrogens with one attached hydrogen (secondary N) is 1. The quantitative estimate of drug-likeness (QED) is 0.573. The second-order valence-corrected chi connectivity index (χ2v) is 7.85. The Bertz CT molecular complexity index is 1060. The summed E-state index contributed by atoms with van der Waals surface area (Å²) < 4.78 is 18.9. The van der Waals surface area contributed by atoms with Crippen molar-refractivity contribution < 1.29 is 19.0 Å². The number of benzene rings is 2. The summed E-state index contributed by atoms with van der Waals surface area (Å²) in [6.45, 7) is 2.93. The molecule has 0 saturated carbocycles. The fraction of sp³-hybridized carbons (Fsp3) is 0.333. The lowest BCUT2D eigenvalue weighted by Gasteiger charge is -2.15. The molecule has 0 amide bonds. The molecule has 6 heteroatoms. The molecule has 2 heterocycles. The number of hydrogen-bond donors (Lipinski definition) is 2. The zero-order valence-corrected chi connectivity index (χ0v) is 16.9. The van der Waals surface area contributed by atoms with Crippen LogP contribution in [0, 0.1) is 12.7 Å². The number of pyridine rings is 1. The fourth-order valence-electron chi connectivity index (χ4n) is 3.80. The number of fused-ring (bicyclic) bond motifs is 1. The molecule has 2 aromatic carbocycles. The molecule has 1 saturated heterocycles. The predicted octanol–water partition coefficient (Wildman–Crippen LogP) is 4.23. The summed E-state index contributed by atoms with van der Waals surface area (Å²) in [4.78, 5) is 17.4. The van der Waals surface area contributed by atoms with Gasteiger partial charge in [-0.25, -0.2) is 9.37 Å². The maximum absolute atomic E-state index is 13.6. The summed E-state index contributed by atoms with van der Waals surface area (Å²) in [5, 5.41) is 15.1. The number of carbonyl (C=O) groups excluding carboxylic acids is 1. The number of aryl methyl sites for hydroxylation is 1. The molecule has 156 valence electrons.